The van der Waals surface area contributed by atoms with Crippen LogP contribution in [0, 0.1) is 5.92 Å². The molecule has 0 aliphatic heterocycles. The largest absolute Gasteiger partial charge is 0.393 e. The molecule has 84 valence electrons. The summed E-state index contributed by atoms with van der Waals surface area (Å²) in [6, 6.07) is 0. The van der Waals surface area contributed by atoms with E-state index in [1.54, 1.807) is 0 Å². The van der Waals surface area contributed by atoms with Crippen LogP contribution in [0.5, 0.6) is 0 Å². The van der Waals surface area contributed by atoms with Gasteiger partial charge in [-0.3, -0.25) is 0 Å². The number of hydrogen-bond donors (Lipinski definition) is 3. The Balaban J connectivity index is 2.10. The standard InChI is InChI=1S/C11H23NO2/c1-3-11(2,14)8-12-7-9-4-5-10(13)6-9/h9-10,12-14H,3-8H2,1-2H3. The second-order valence-corrected chi connectivity index (χ2v) is 4.81. The van der Waals surface area contributed by atoms with E-state index in [2.05, 4.69) is 5.32 Å². The van der Waals surface area contributed by atoms with E-state index in [1.807, 2.05) is 13.8 Å². The number of hydrogen-bond acceptors (Lipinski definition) is 3. The van der Waals surface area contributed by atoms with Crippen molar-refractivity contribution in [3.05, 3.63) is 0 Å². The van der Waals surface area contributed by atoms with Crippen LogP contribution in [0.1, 0.15) is 39.5 Å². The highest BCUT2D eigenvalue weighted by molar-refractivity contribution is 4.79. The Morgan fingerprint density at radius 3 is 2.64 bits per heavy atom. The van der Waals surface area contributed by atoms with Gasteiger partial charge in [0.2, 0.25) is 0 Å². The Bertz CT molecular complexity index is 171. The van der Waals surface area contributed by atoms with Gasteiger partial charge in [-0.25, -0.2) is 0 Å². The normalized spacial score (nSPS) is 31.7. The molecule has 0 aromatic carbocycles. The second-order valence-electron chi connectivity index (χ2n) is 4.81. The fourth-order valence-electron chi connectivity index (χ4n) is 1.90. The van der Waals surface area contributed by atoms with E-state index in [-0.39, 0.29) is 6.10 Å². The number of aliphatic hydroxyl groups excluding tert-OH is 1. The summed E-state index contributed by atoms with van der Waals surface area (Å²) in [6.07, 6.45) is 3.65. The maximum atomic E-state index is 9.74. The molecule has 0 spiro atoms. The fraction of sp³-hybridized carbons (Fsp3) is 1.00. The molecule has 1 saturated carbocycles. The minimum absolute atomic E-state index is 0.0894. The molecule has 0 amide bonds. The highest BCUT2D eigenvalue weighted by atomic mass is 16.3. The van der Waals surface area contributed by atoms with Crippen LogP contribution in [0.4, 0.5) is 0 Å². The Hall–Kier alpha value is -0.120. The first-order valence-corrected chi connectivity index (χ1v) is 5.64. The minimum Gasteiger partial charge on any atom is -0.393 e. The molecular weight excluding hydrogens is 178 g/mol. The summed E-state index contributed by atoms with van der Waals surface area (Å²) in [5.74, 6) is 0.595. The van der Waals surface area contributed by atoms with Crippen molar-refractivity contribution in [1.29, 1.82) is 0 Å². The van der Waals surface area contributed by atoms with Crippen LogP contribution in [-0.2, 0) is 0 Å². The number of nitrogens with one attached hydrogen (secondary N) is 1. The Labute approximate surface area is 86.5 Å². The monoisotopic (exact) mass is 201 g/mol. The summed E-state index contributed by atoms with van der Waals surface area (Å²) in [5.41, 5.74) is -0.586. The van der Waals surface area contributed by atoms with Gasteiger partial charge in [0.25, 0.3) is 0 Å². The van der Waals surface area contributed by atoms with Crippen LogP contribution in [0.15, 0.2) is 0 Å². The molecule has 3 N–H and O–H groups in total. The Morgan fingerprint density at radius 2 is 2.14 bits per heavy atom. The molecule has 1 rings (SSSR count). The Kier molecular flexibility index (Phi) is 4.35. The van der Waals surface area contributed by atoms with E-state index in [0.717, 1.165) is 32.2 Å². The van der Waals surface area contributed by atoms with Crippen molar-refractivity contribution in [3.63, 3.8) is 0 Å². The lowest BCUT2D eigenvalue weighted by atomic mass is 10.0. The van der Waals surface area contributed by atoms with Crippen molar-refractivity contribution >= 4 is 0 Å². The average Bonchev–Trinajstić information content (AvgIpc) is 2.51. The molecule has 0 saturated heterocycles. The van der Waals surface area contributed by atoms with Gasteiger partial charge >= 0.3 is 0 Å². The van der Waals surface area contributed by atoms with E-state index >= 15 is 0 Å². The molecule has 0 radical (unpaired) electrons. The second kappa shape index (κ2) is 5.10. The maximum absolute atomic E-state index is 9.74. The summed E-state index contributed by atoms with van der Waals surface area (Å²) in [5, 5.41) is 22.3. The van der Waals surface area contributed by atoms with Gasteiger partial charge in [-0.1, -0.05) is 6.92 Å². The summed E-state index contributed by atoms with van der Waals surface area (Å²) >= 11 is 0. The third-order valence-electron chi connectivity index (χ3n) is 3.21. The highest BCUT2D eigenvalue weighted by Crippen LogP contribution is 2.24. The minimum atomic E-state index is -0.586. The van der Waals surface area contributed by atoms with Crippen LogP contribution in [-0.4, -0.2) is 35.0 Å². The van der Waals surface area contributed by atoms with Crippen molar-refractivity contribution in [2.45, 2.75) is 51.2 Å². The van der Waals surface area contributed by atoms with Crippen LogP contribution in [0.2, 0.25) is 0 Å². The van der Waals surface area contributed by atoms with Crippen molar-refractivity contribution in [2.24, 2.45) is 5.92 Å². The molecule has 0 bridgehead atoms. The lowest BCUT2D eigenvalue weighted by Gasteiger charge is -2.22. The molecular formula is C11H23NO2. The average molecular weight is 201 g/mol. The molecule has 0 aromatic heterocycles. The van der Waals surface area contributed by atoms with Gasteiger partial charge in [-0.15, -0.1) is 0 Å². The molecule has 1 aliphatic carbocycles. The zero-order chi connectivity index (χ0) is 10.6. The van der Waals surface area contributed by atoms with E-state index in [9.17, 15) is 10.2 Å². The van der Waals surface area contributed by atoms with Gasteiger partial charge in [0, 0.05) is 6.54 Å². The van der Waals surface area contributed by atoms with Crippen LogP contribution >= 0.6 is 0 Å². The van der Waals surface area contributed by atoms with Crippen LogP contribution in [0.25, 0.3) is 0 Å². The summed E-state index contributed by atoms with van der Waals surface area (Å²) in [4.78, 5) is 0. The third-order valence-corrected chi connectivity index (χ3v) is 3.21. The van der Waals surface area contributed by atoms with Crippen molar-refractivity contribution < 1.29 is 10.2 Å². The molecule has 1 fully saturated rings. The lowest BCUT2D eigenvalue weighted by Crippen LogP contribution is -2.38. The van der Waals surface area contributed by atoms with Gasteiger partial charge in [0.15, 0.2) is 0 Å². The first-order valence-electron chi connectivity index (χ1n) is 5.64. The Morgan fingerprint density at radius 1 is 1.43 bits per heavy atom. The maximum Gasteiger partial charge on any atom is 0.0740 e. The SMILES string of the molecule is CCC(C)(O)CNCC1CCC(O)C1. The summed E-state index contributed by atoms with van der Waals surface area (Å²) < 4.78 is 0. The number of rotatable bonds is 5. The fourth-order valence-corrected chi connectivity index (χ4v) is 1.90. The zero-order valence-corrected chi connectivity index (χ0v) is 9.29. The van der Waals surface area contributed by atoms with Crippen molar-refractivity contribution in [2.75, 3.05) is 13.1 Å². The predicted molar refractivity (Wildman–Crippen MR) is 57.1 cm³/mol. The van der Waals surface area contributed by atoms with Gasteiger partial charge in [0.05, 0.1) is 11.7 Å². The molecule has 0 heterocycles. The first kappa shape index (κ1) is 12.0. The van der Waals surface area contributed by atoms with E-state index in [1.165, 1.54) is 0 Å². The zero-order valence-electron chi connectivity index (χ0n) is 9.29. The highest BCUT2D eigenvalue weighted by Gasteiger charge is 2.23. The lowest BCUT2D eigenvalue weighted by molar-refractivity contribution is 0.0548. The van der Waals surface area contributed by atoms with E-state index < -0.39 is 5.60 Å². The van der Waals surface area contributed by atoms with Crippen molar-refractivity contribution in [3.8, 4) is 0 Å². The van der Waals surface area contributed by atoms with Gasteiger partial charge < -0.3 is 15.5 Å². The smallest absolute Gasteiger partial charge is 0.0740 e. The van der Waals surface area contributed by atoms with Crippen LogP contribution < -0.4 is 5.32 Å². The number of aliphatic hydroxyl groups is 2. The third kappa shape index (κ3) is 3.95. The molecule has 3 atom stereocenters. The topological polar surface area (TPSA) is 52.5 Å². The molecule has 0 aromatic rings. The van der Waals surface area contributed by atoms with Gasteiger partial charge in [-0.2, -0.15) is 0 Å². The predicted octanol–water partition coefficient (Wildman–Crippen LogP) is 0.898. The molecule has 14 heavy (non-hydrogen) atoms. The van der Waals surface area contributed by atoms with E-state index in [4.69, 9.17) is 0 Å². The first-order chi connectivity index (χ1) is 6.53. The summed E-state index contributed by atoms with van der Waals surface area (Å²) in [6.45, 7) is 5.41. The molecule has 3 unspecified atom stereocenters. The summed E-state index contributed by atoms with van der Waals surface area (Å²) in [7, 11) is 0. The van der Waals surface area contributed by atoms with Crippen molar-refractivity contribution in [1.82, 2.24) is 5.32 Å². The molecule has 3 nitrogen and oxygen atoms in total. The van der Waals surface area contributed by atoms with Gasteiger partial charge in [0.1, 0.15) is 0 Å². The van der Waals surface area contributed by atoms with E-state index in [0.29, 0.717) is 12.5 Å². The molecule has 3 heteroatoms. The molecule has 1 aliphatic rings. The quantitative estimate of drug-likeness (QED) is 0.619. The van der Waals surface area contributed by atoms with Gasteiger partial charge in [-0.05, 0) is 45.1 Å². The van der Waals surface area contributed by atoms with Crippen LogP contribution in [0.3, 0.4) is 0 Å².